The van der Waals surface area contributed by atoms with Crippen LogP contribution in [0.4, 0.5) is 5.69 Å². The highest BCUT2D eigenvalue weighted by Crippen LogP contribution is 2.36. The van der Waals surface area contributed by atoms with Gasteiger partial charge in [-0.15, -0.1) is 0 Å². The van der Waals surface area contributed by atoms with Gasteiger partial charge >= 0.3 is 5.69 Å². The third-order valence-electron chi connectivity index (χ3n) is 1.94. The molecule has 1 N–H and O–H groups in total. The van der Waals surface area contributed by atoms with E-state index >= 15 is 0 Å². The molecule has 0 aliphatic carbocycles. The number of phenolic OH excluding ortho intramolecular Hbond substituents is 1. The Labute approximate surface area is 81.1 Å². The first kappa shape index (κ1) is 10.3. The summed E-state index contributed by atoms with van der Waals surface area (Å²) < 4.78 is 4.82. The van der Waals surface area contributed by atoms with Crippen LogP contribution in [0, 0.1) is 10.1 Å². The Hall–Kier alpha value is -1.78. The molecule has 5 nitrogen and oxygen atoms in total. The fourth-order valence-corrected chi connectivity index (χ4v) is 1.15. The fraction of sp³-hybridized carbons (Fsp3) is 0.333. The lowest BCUT2D eigenvalue weighted by Gasteiger charge is -2.05. The Balaban J connectivity index is 3.34. The average Bonchev–Trinajstić information content (AvgIpc) is 2.17. The Morgan fingerprint density at radius 1 is 1.57 bits per heavy atom. The van der Waals surface area contributed by atoms with Crippen molar-refractivity contribution in [3.05, 3.63) is 27.8 Å². The molecular formula is C9H11NO4. The quantitative estimate of drug-likeness (QED) is 0.593. The van der Waals surface area contributed by atoms with Crippen molar-refractivity contribution < 1.29 is 14.8 Å². The van der Waals surface area contributed by atoms with Crippen LogP contribution >= 0.6 is 0 Å². The van der Waals surface area contributed by atoms with Crippen molar-refractivity contribution in [1.29, 1.82) is 0 Å². The van der Waals surface area contributed by atoms with Gasteiger partial charge < -0.3 is 9.84 Å². The number of benzene rings is 1. The molecule has 0 atom stereocenters. The fourth-order valence-electron chi connectivity index (χ4n) is 1.15. The molecule has 0 heterocycles. The Bertz CT molecular complexity index is 362. The van der Waals surface area contributed by atoms with Gasteiger partial charge in [-0.1, -0.05) is 6.92 Å². The summed E-state index contributed by atoms with van der Waals surface area (Å²) in [5.41, 5.74) is 0.438. The summed E-state index contributed by atoms with van der Waals surface area (Å²) in [6.45, 7) is 1.87. The molecule has 1 rings (SSSR count). The second-order valence-corrected chi connectivity index (χ2v) is 2.78. The van der Waals surface area contributed by atoms with Gasteiger partial charge in [0.05, 0.1) is 12.0 Å². The highest BCUT2D eigenvalue weighted by atomic mass is 16.6. The molecule has 0 bridgehead atoms. The summed E-state index contributed by atoms with van der Waals surface area (Å²) >= 11 is 0. The third kappa shape index (κ3) is 1.76. The van der Waals surface area contributed by atoms with Crippen molar-refractivity contribution in [2.75, 3.05) is 7.11 Å². The van der Waals surface area contributed by atoms with Gasteiger partial charge in [-0.05, 0) is 18.1 Å². The van der Waals surface area contributed by atoms with Gasteiger partial charge in [0.25, 0.3) is 0 Å². The van der Waals surface area contributed by atoms with Crippen LogP contribution in [0.5, 0.6) is 11.5 Å². The molecule has 0 saturated heterocycles. The lowest BCUT2D eigenvalue weighted by Crippen LogP contribution is -1.94. The smallest absolute Gasteiger partial charge is 0.314 e. The largest absolute Gasteiger partial charge is 0.500 e. The molecule has 0 spiro atoms. The van der Waals surface area contributed by atoms with Crippen LogP contribution in [0.3, 0.4) is 0 Å². The van der Waals surface area contributed by atoms with Gasteiger partial charge in [0.2, 0.25) is 5.75 Å². The van der Waals surface area contributed by atoms with Crippen molar-refractivity contribution in [3.8, 4) is 11.5 Å². The Morgan fingerprint density at radius 2 is 2.21 bits per heavy atom. The first-order valence-corrected chi connectivity index (χ1v) is 4.14. The number of phenols is 1. The highest BCUT2D eigenvalue weighted by molar-refractivity contribution is 5.57. The summed E-state index contributed by atoms with van der Waals surface area (Å²) in [6.07, 6.45) is 0.650. The number of hydrogen-bond donors (Lipinski definition) is 1. The SMILES string of the molecule is CCc1cc(OC)c(O)c([N+](=O)[O-])c1. The van der Waals surface area contributed by atoms with E-state index < -0.39 is 10.7 Å². The van der Waals surface area contributed by atoms with E-state index in [0.29, 0.717) is 6.42 Å². The van der Waals surface area contributed by atoms with E-state index in [9.17, 15) is 15.2 Å². The number of nitro groups is 1. The normalized spacial score (nSPS) is 9.86. The summed E-state index contributed by atoms with van der Waals surface area (Å²) in [5.74, 6) is -0.286. The molecule has 0 fully saturated rings. The van der Waals surface area contributed by atoms with E-state index in [-0.39, 0.29) is 11.4 Å². The van der Waals surface area contributed by atoms with Gasteiger partial charge in [-0.3, -0.25) is 10.1 Å². The molecule has 0 unspecified atom stereocenters. The maximum absolute atomic E-state index is 10.5. The van der Waals surface area contributed by atoms with Gasteiger partial charge in [-0.2, -0.15) is 0 Å². The number of hydrogen-bond acceptors (Lipinski definition) is 4. The number of ether oxygens (including phenoxy) is 1. The molecule has 0 saturated carbocycles. The van der Waals surface area contributed by atoms with Crippen LogP contribution in [-0.2, 0) is 6.42 Å². The summed E-state index contributed by atoms with van der Waals surface area (Å²) in [6, 6.07) is 2.93. The standard InChI is InChI=1S/C9H11NO4/c1-3-6-4-7(10(12)13)9(11)8(5-6)14-2/h4-5,11H,3H2,1-2H3. The highest BCUT2D eigenvalue weighted by Gasteiger charge is 2.18. The first-order chi connectivity index (χ1) is 6.60. The van der Waals surface area contributed by atoms with E-state index in [1.807, 2.05) is 6.92 Å². The molecule has 0 aromatic heterocycles. The van der Waals surface area contributed by atoms with Crippen LogP contribution in [0.15, 0.2) is 12.1 Å². The van der Waals surface area contributed by atoms with E-state index in [0.717, 1.165) is 5.56 Å². The third-order valence-corrected chi connectivity index (χ3v) is 1.94. The second kappa shape index (κ2) is 3.95. The summed E-state index contributed by atoms with van der Waals surface area (Å²) in [4.78, 5) is 9.92. The predicted molar refractivity (Wildman–Crippen MR) is 50.7 cm³/mol. The van der Waals surface area contributed by atoms with Gasteiger partial charge in [-0.25, -0.2) is 0 Å². The Kier molecular flexibility index (Phi) is 2.91. The predicted octanol–water partition coefficient (Wildman–Crippen LogP) is 1.87. The maximum atomic E-state index is 10.5. The van der Waals surface area contributed by atoms with Crippen LogP contribution in [0.25, 0.3) is 0 Å². The molecule has 0 radical (unpaired) electrons. The molecule has 1 aromatic carbocycles. The minimum atomic E-state index is -0.628. The molecule has 0 amide bonds. The number of aryl methyl sites for hydroxylation is 1. The summed E-state index contributed by atoms with van der Waals surface area (Å²) in [7, 11) is 1.36. The second-order valence-electron chi connectivity index (χ2n) is 2.78. The Morgan fingerprint density at radius 3 is 2.64 bits per heavy atom. The number of methoxy groups -OCH3 is 1. The van der Waals surface area contributed by atoms with Crippen LogP contribution in [0.2, 0.25) is 0 Å². The molecule has 0 aliphatic heterocycles. The first-order valence-electron chi connectivity index (χ1n) is 4.14. The molecule has 5 heteroatoms. The molecule has 1 aromatic rings. The number of nitro benzene ring substituents is 1. The van der Waals surface area contributed by atoms with Crippen molar-refractivity contribution in [1.82, 2.24) is 0 Å². The van der Waals surface area contributed by atoms with Crippen molar-refractivity contribution in [2.24, 2.45) is 0 Å². The number of rotatable bonds is 3. The van der Waals surface area contributed by atoms with Crippen molar-refractivity contribution >= 4 is 5.69 Å². The van der Waals surface area contributed by atoms with Crippen LogP contribution in [0.1, 0.15) is 12.5 Å². The van der Waals surface area contributed by atoms with Crippen LogP contribution in [-0.4, -0.2) is 17.1 Å². The van der Waals surface area contributed by atoms with Gasteiger partial charge in [0.15, 0.2) is 5.75 Å². The molecule has 76 valence electrons. The monoisotopic (exact) mass is 197 g/mol. The minimum Gasteiger partial charge on any atom is -0.500 e. The van der Waals surface area contributed by atoms with E-state index in [2.05, 4.69) is 0 Å². The zero-order valence-electron chi connectivity index (χ0n) is 7.98. The van der Waals surface area contributed by atoms with E-state index in [1.165, 1.54) is 13.2 Å². The maximum Gasteiger partial charge on any atom is 0.314 e. The molecular weight excluding hydrogens is 186 g/mol. The minimum absolute atomic E-state index is 0.135. The number of aromatic hydroxyl groups is 1. The van der Waals surface area contributed by atoms with Gasteiger partial charge in [0.1, 0.15) is 0 Å². The van der Waals surface area contributed by atoms with Crippen LogP contribution < -0.4 is 4.74 Å². The zero-order chi connectivity index (χ0) is 10.7. The lowest BCUT2D eigenvalue weighted by molar-refractivity contribution is -0.386. The summed E-state index contributed by atoms with van der Waals surface area (Å²) in [5, 5.41) is 20.0. The van der Waals surface area contributed by atoms with E-state index in [4.69, 9.17) is 4.74 Å². The molecule has 0 aliphatic rings. The number of nitrogens with zero attached hydrogens (tertiary/aromatic N) is 1. The van der Waals surface area contributed by atoms with Gasteiger partial charge in [0, 0.05) is 6.07 Å². The zero-order valence-corrected chi connectivity index (χ0v) is 7.98. The van der Waals surface area contributed by atoms with E-state index in [1.54, 1.807) is 6.07 Å². The lowest BCUT2D eigenvalue weighted by atomic mass is 10.1. The average molecular weight is 197 g/mol. The topological polar surface area (TPSA) is 72.6 Å². The van der Waals surface area contributed by atoms with Crippen molar-refractivity contribution in [3.63, 3.8) is 0 Å². The molecule has 14 heavy (non-hydrogen) atoms. The van der Waals surface area contributed by atoms with Crippen molar-refractivity contribution in [2.45, 2.75) is 13.3 Å².